The number of nitrogens with one attached hydrogen (secondary N) is 1. The van der Waals surface area contributed by atoms with Crippen molar-refractivity contribution in [1.29, 1.82) is 0 Å². The second kappa shape index (κ2) is 4.92. The molecular formula is C10H13NOS. The van der Waals surface area contributed by atoms with Crippen molar-refractivity contribution in [3.8, 4) is 0 Å². The fourth-order valence-corrected chi connectivity index (χ4v) is 1.68. The van der Waals surface area contributed by atoms with Gasteiger partial charge in [0.15, 0.2) is 0 Å². The highest BCUT2D eigenvalue weighted by molar-refractivity contribution is 7.98. The van der Waals surface area contributed by atoms with Gasteiger partial charge < -0.3 is 5.32 Å². The predicted octanol–water partition coefficient (Wildman–Crippen LogP) is 2.16. The predicted molar refractivity (Wildman–Crippen MR) is 56.2 cm³/mol. The van der Waals surface area contributed by atoms with Crippen molar-refractivity contribution < 1.29 is 4.79 Å². The summed E-state index contributed by atoms with van der Waals surface area (Å²) < 4.78 is 0. The molecule has 0 unspecified atom stereocenters. The Morgan fingerprint density at radius 2 is 2.15 bits per heavy atom. The van der Waals surface area contributed by atoms with Crippen molar-refractivity contribution in [1.82, 2.24) is 5.32 Å². The first-order valence-electron chi connectivity index (χ1n) is 4.20. The Labute approximate surface area is 82.7 Å². The van der Waals surface area contributed by atoms with Crippen molar-refractivity contribution in [3.05, 3.63) is 29.8 Å². The largest absolute Gasteiger partial charge is 0.352 e. The Hall–Kier alpha value is -0.960. The molecule has 1 amide bonds. The van der Waals surface area contributed by atoms with Crippen molar-refractivity contribution >= 4 is 17.7 Å². The fourth-order valence-electron chi connectivity index (χ4n) is 1.09. The molecule has 0 saturated heterocycles. The highest BCUT2D eigenvalue weighted by Gasteiger charge is 2.07. The Balaban J connectivity index is 2.92. The van der Waals surface area contributed by atoms with Gasteiger partial charge in [-0.2, -0.15) is 0 Å². The molecule has 0 heterocycles. The number of carbonyl (C=O) groups excluding carboxylic acids is 1. The van der Waals surface area contributed by atoms with Gasteiger partial charge in [0.05, 0.1) is 5.56 Å². The molecule has 1 rings (SSSR count). The summed E-state index contributed by atoms with van der Waals surface area (Å²) >= 11 is 1.59. The SMILES string of the molecule is CCNC(=O)c1ccccc1SC. The third-order valence-corrected chi connectivity index (χ3v) is 2.48. The van der Waals surface area contributed by atoms with E-state index in [1.165, 1.54) is 0 Å². The van der Waals surface area contributed by atoms with Crippen LogP contribution in [-0.2, 0) is 0 Å². The Kier molecular flexibility index (Phi) is 3.83. The van der Waals surface area contributed by atoms with E-state index in [1.807, 2.05) is 37.4 Å². The molecule has 0 fully saturated rings. The van der Waals surface area contributed by atoms with Gasteiger partial charge in [0, 0.05) is 11.4 Å². The van der Waals surface area contributed by atoms with E-state index in [-0.39, 0.29) is 5.91 Å². The van der Waals surface area contributed by atoms with Crippen LogP contribution in [0.2, 0.25) is 0 Å². The molecule has 0 saturated carbocycles. The van der Waals surface area contributed by atoms with Crippen LogP contribution in [0.15, 0.2) is 29.2 Å². The number of thioether (sulfide) groups is 1. The molecule has 1 aromatic carbocycles. The molecule has 0 aromatic heterocycles. The van der Waals surface area contributed by atoms with Crippen molar-refractivity contribution in [2.24, 2.45) is 0 Å². The van der Waals surface area contributed by atoms with E-state index in [1.54, 1.807) is 11.8 Å². The van der Waals surface area contributed by atoms with Crippen molar-refractivity contribution in [2.45, 2.75) is 11.8 Å². The lowest BCUT2D eigenvalue weighted by atomic mass is 10.2. The normalized spacial score (nSPS) is 9.69. The van der Waals surface area contributed by atoms with Crippen LogP contribution in [0.25, 0.3) is 0 Å². The van der Waals surface area contributed by atoms with Gasteiger partial charge >= 0.3 is 0 Å². The maximum Gasteiger partial charge on any atom is 0.252 e. The molecule has 0 spiro atoms. The monoisotopic (exact) mass is 195 g/mol. The third kappa shape index (κ3) is 2.49. The average Bonchev–Trinajstić information content (AvgIpc) is 2.18. The summed E-state index contributed by atoms with van der Waals surface area (Å²) in [6.07, 6.45) is 1.97. The lowest BCUT2D eigenvalue weighted by Gasteiger charge is -2.05. The first kappa shape index (κ1) is 10.1. The van der Waals surface area contributed by atoms with Gasteiger partial charge in [-0.3, -0.25) is 4.79 Å². The number of hydrogen-bond donors (Lipinski definition) is 1. The molecule has 0 radical (unpaired) electrons. The molecule has 1 aromatic rings. The van der Waals surface area contributed by atoms with Gasteiger partial charge in [0.1, 0.15) is 0 Å². The minimum atomic E-state index is 0.00690. The van der Waals surface area contributed by atoms with Gasteiger partial charge in [0.25, 0.3) is 5.91 Å². The summed E-state index contributed by atoms with van der Waals surface area (Å²) in [5.41, 5.74) is 0.761. The topological polar surface area (TPSA) is 29.1 Å². The van der Waals surface area contributed by atoms with Gasteiger partial charge in [-0.25, -0.2) is 0 Å². The molecule has 2 nitrogen and oxygen atoms in total. The maximum absolute atomic E-state index is 11.5. The van der Waals surface area contributed by atoms with Crippen LogP contribution in [0.5, 0.6) is 0 Å². The van der Waals surface area contributed by atoms with Gasteiger partial charge in [0.2, 0.25) is 0 Å². The van der Waals surface area contributed by atoms with Crippen LogP contribution in [0, 0.1) is 0 Å². The molecule has 0 aliphatic heterocycles. The van der Waals surface area contributed by atoms with Crippen LogP contribution in [-0.4, -0.2) is 18.7 Å². The van der Waals surface area contributed by atoms with Crippen LogP contribution in [0.1, 0.15) is 17.3 Å². The molecule has 0 bridgehead atoms. The second-order valence-corrected chi connectivity index (χ2v) is 3.41. The molecular weight excluding hydrogens is 182 g/mol. The van der Waals surface area contributed by atoms with Gasteiger partial charge in [-0.1, -0.05) is 12.1 Å². The van der Waals surface area contributed by atoms with Gasteiger partial charge in [-0.05, 0) is 25.3 Å². The quantitative estimate of drug-likeness (QED) is 0.749. The molecule has 13 heavy (non-hydrogen) atoms. The maximum atomic E-state index is 11.5. The Morgan fingerprint density at radius 3 is 2.77 bits per heavy atom. The lowest BCUT2D eigenvalue weighted by molar-refractivity contribution is 0.0953. The summed E-state index contributed by atoms with van der Waals surface area (Å²) in [7, 11) is 0. The minimum absolute atomic E-state index is 0.00690. The highest BCUT2D eigenvalue weighted by atomic mass is 32.2. The molecule has 3 heteroatoms. The lowest BCUT2D eigenvalue weighted by Crippen LogP contribution is -2.23. The van der Waals surface area contributed by atoms with Crippen LogP contribution >= 0.6 is 11.8 Å². The first-order chi connectivity index (χ1) is 6.29. The minimum Gasteiger partial charge on any atom is -0.352 e. The summed E-state index contributed by atoms with van der Waals surface area (Å²) in [6, 6.07) is 7.62. The summed E-state index contributed by atoms with van der Waals surface area (Å²) in [4.78, 5) is 12.5. The molecule has 70 valence electrons. The van der Waals surface area contributed by atoms with Crippen molar-refractivity contribution in [3.63, 3.8) is 0 Å². The van der Waals surface area contributed by atoms with Crippen molar-refractivity contribution in [2.75, 3.05) is 12.8 Å². The average molecular weight is 195 g/mol. The van der Waals surface area contributed by atoms with Gasteiger partial charge in [-0.15, -0.1) is 11.8 Å². The number of hydrogen-bond acceptors (Lipinski definition) is 2. The Bertz CT molecular complexity index is 299. The van der Waals surface area contributed by atoms with Crippen LogP contribution in [0.4, 0.5) is 0 Å². The summed E-state index contributed by atoms with van der Waals surface area (Å²) in [5.74, 6) is 0.00690. The van der Waals surface area contributed by atoms with E-state index in [9.17, 15) is 4.79 Å². The number of carbonyl (C=O) groups is 1. The van der Waals surface area contributed by atoms with Crippen LogP contribution < -0.4 is 5.32 Å². The zero-order valence-electron chi connectivity index (χ0n) is 7.83. The van der Waals surface area contributed by atoms with E-state index < -0.39 is 0 Å². The summed E-state index contributed by atoms with van der Waals surface area (Å²) in [6.45, 7) is 2.58. The second-order valence-electron chi connectivity index (χ2n) is 2.56. The van der Waals surface area contributed by atoms with E-state index in [0.29, 0.717) is 6.54 Å². The molecule has 0 atom stereocenters. The zero-order valence-corrected chi connectivity index (χ0v) is 8.65. The van der Waals surface area contributed by atoms with Crippen LogP contribution in [0.3, 0.4) is 0 Å². The van der Waals surface area contributed by atoms with E-state index in [2.05, 4.69) is 5.32 Å². The fraction of sp³-hybridized carbons (Fsp3) is 0.300. The third-order valence-electron chi connectivity index (χ3n) is 1.69. The smallest absolute Gasteiger partial charge is 0.252 e. The highest BCUT2D eigenvalue weighted by Crippen LogP contribution is 2.19. The molecule has 0 aliphatic rings. The summed E-state index contributed by atoms with van der Waals surface area (Å²) in [5, 5.41) is 2.78. The zero-order chi connectivity index (χ0) is 9.68. The number of amides is 1. The standard InChI is InChI=1S/C10H13NOS/c1-3-11-10(12)8-6-4-5-7-9(8)13-2/h4-7H,3H2,1-2H3,(H,11,12). The molecule has 0 aliphatic carbocycles. The first-order valence-corrected chi connectivity index (χ1v) is 5.43. The Morgan fingerprint density at radius 1 is 1.46 bits per heavy atom. The van der Waals surface area contributed by atoms with E-state index in [0.717, 1.165) is 10.5 Å². The number of benzene rings is 1. The number of rotatable bonds is 3. The van der Waals surface area contributed by atoms with E-state index >= 15 is 0 Å². The molecule has 1 N–H and O–H groups in total. The van der Waals surface area contributed by atoms with E-state index in [4.69, 9.17) is 0 Å².